The van der Waals surface area contributed by atoms with Crippen molar-refractivity contribution in [2.24, 2.45) is 34.1 Å². The number of rotatable bonds is 9. The molecular weight excluding hydrogens is 582 g/mol. The first kappa shape index (κ1) is 30.9. The molecule has 12 heteroatoms. The lowest BCUT2D eigenvalue weighted by atomic mass is 9.50. The highest BCUT2D eigenvalue weighted by atomic mass is 32.1. The Morgan fingerprint density at radius 1 is 1.07 bits per heavy atom. The van der Waals surface area contributed by atoms with E-state index >= 15 is 0 Å². The van der Waals surface area contributed by atoms with Crippen molar-refractivity contribution >= 4 is 41.2 Å². The maximum atomic E-state index is 13.1. The van der Waals surface area contributed by atoms with Crippen molar-refractivity contribution in [2.75, 3.05) is 26.2 Å². The van der Waals surface area contributed by atoms with Gasteiger partial charge in [-0.1, -0.05) is 0 Å². The van der Waals surface area contributed by atoms with Crippen LogP contribution in [-0.4, -0.2) is 67.7 Å². The lowest BCUT2D eigenvalue weighted by Gasteiger charge is -2.56. The molecule has 0 aromatic carbocycles. The second kappa shape index (κ2) is 12.3. The van der Waals surface area contributed by atoms with Crippen molar-refractivity contribution in [3.8, 4) is 0 Å². The lowest BCUT2D eigenvalue weighted by molar-refractivity contribution is -0.157. The minimum absolute atomic E-state index is 0.0563. The average Bonchev–Trinajstić information content (AvgIpc) is 3.61. The largest absolute Gasteiger partial charge is 0.458 e. The quantitative estimate of drug-likeness (QED) is 0.305. The molecule has 2 unspecified atom stereocenters. The van der Waals surface area contributed by atoms with Gasteiger partial charge in [-0.05, 0) is 102 Å². The van der Waals surface area contributed by atoms with Crippen molar-refractivity contribution in [1.29, 1.82) is 0 Å². The van der Waals surface area contributed by atoms with E-state index in [2.05, 4.69) is 26.3 Å². The maximum absolute atomic E-state index is 13.1. The molecule has 5 saturated carbocycles. The number of hydrogen-bond donors (Lipinski definition) is 4. The summed E-state index contributed by atoms with van der Waals surface area (Å²) in [6.07, 6.45) is 8.25. The van der Waals surface area contributed by atoms with Gasteiger partial charge >= 0.3 is 12.1 Å². The summed E-state index contributed by atoms with van der Waals surface area (Å²) < 4.78 is 11.3. The fourth-order valence-electron chi connectivity index (χ4n) is 8.02. The molecule has 44 heavy (non-hydrogen) atoms. The zero-order valence-corrected chi connectivity index (χ0v) is 26.7. The van der Waals surface area contributed by atoms with E-state index in [4.69, 9.17) is 9.47 Å². The number of guanidine groups is 1. The molecule has 4 N–H and O–H groups in total. The number of nitrogens with one attached hydrogen (secondary N) is 4. The van der Waals surface area contributed by atoms with Gasteiger partial charge in [-0.25, -0.2) is 9.59 Å². The van der Waals surface area contributed by atoms with E-state index in [-0.39, 0.29) is 35.6 Å². The van der Waals surface area contributed by atoms with E-state index < -0.39 is 23.7 Å². The number of hydrogen-bond acceptors (Lipinski definition) is 9. The first-order valence-electron chi connectivity index (χ1n) is 16.1. The first-order valence-corrected chi connectivity index (χ1v) is 16.9. The van der Waals surface area contributed by atoms with Crippen LogP contribution in [0, 0.1) is 29.1 Å². The number of nitrogens with zero attached hydrogens (tertiary/aromatic N) is 1. The summed E-state index contributed by atoms with van der Waals surface area (Å²) in [4.78, 5) is 57.4. The van der Waals surface area contributed by atoms with Crippen molar-refractivity contribution in [2.45, 2.75) is 89.7 Å². The van der Waals surface area contributed by atoms with Gasteiger partial charge in [-0.3, -0.25) is 19.9 Å². The molecule has 0 radical (unpaired) electrons. The minimum Gasteiger partial charge on any atom is -0.458 e. The van der Waals surface area contributed by atoms with Gasteiger partial charge in [-0.2, -0.15) is 0 Å². The standard InChI is InChI=1S/C32H45N5O6S/c1-31(2,3)43-28(40)23(36-30(41)42-17-32-13-18-9-19(14-32)11-20(10-18)15-32)16-35-27(39)25-6-5-24(44-25)21-12-22(21)26(38)37-29-33-7-4-8-34-29/h5-6,18-23H,4,7-17H2,1-3H3,(H,35,39)(H,36,41)(H2,33,34,37,38)/t18?,19?,20?,21?,22?,23-,32?/m0/s1. The van der Waals surface area contributed by atoms with Crippen LogP contribution in [0.2, 0.25) is 0 Å². The Labute approximate surface area is 262 Å². The van der Waals surface area contributed by atoms with E-state index in [0.29, 0.717) is 24.0 Å². The van der Waals surface area contributed by atoms with Crippen LogP contribution in [0.1, 0.15) is 92.6 Å². The number of aliphatic imine (C=N–C) groups is 1. The summed E-state index contributed by atoms with van der Waals surface area (Å²) in [5.74, 6) is 1.60. The van der Waals surface area contributed by atoms with Gasteiger partial charge in [0, 0.05) is 41.8 Å². The summed E-state index contributed by atoms with van der Waals surface area (Å²) in [5, 5.41) is 11.4. The van der Waals surface area contributed by atoms with E-state index in [1.165, 1.54) is 30.6 Å². The van der Waals surface area contributed by atoms with Crippen LogP contribution in [0.3, 0.4) is 0 Å². The fourth-order valence-corrected chi connectivity index (χ4v) is 9.12. The van der Waals surface area contributed by atoms with Crippen molar-refractivity contribution < 1.29 is 28.7 Å². The Kier molecular flexibility index (Phi) is 8.65. The summed E-state index contributed by atoms with van der Waals surface area (Å²) in [6.45, 7) is 6.98. The second-order valence-corrected chi connectivity index (χ2v) is 15.7. The van der Waals surface area contributed by atoms with Crippen LogP contribution in [0.15, 0.2) is 17.1 Å². The number of alkyl carbamates (subject to hydrolysis) is 1. The molecule has 0 spiro atoms. The minimum atomic E-state index is -1.10. The summed E-state index contributed by atoms with van der Waals surface area (Å²) in [5.41, 5.74) is -0.708. The molecule has 1 aromatic rings. The van der Waals surface area contributed by atoms with Crippen molar-refractivity contribution in [3.05, 3.63) is 21.9 Å². The fraction of sp³-hybridized carbons (Fsp3) is 0.719. The number of esters is 1. The molecule has 3 atom stereocenters. The monoisotopic (exact) mass is 627 g/mol. The molecule has 5 fully saturated rings. The summed E-state index contributed by atoms with van der Waals surface area (Å²) >= 11 is 1.33. The molecule has 2 heterocycles. The Balaban J connectivity index is 1.01. The Bertz CT molecular complexity index is 1280. The first-order chi connectivity index (χ1) is 21.0. The van der Waals surface area contributed by atoms with Crippen LogP contribution in [0.5, 0.6) is 0 Å². The molecule has 1 aliphatic heterocycles. The van der Waals surface area contributed by atoms with E-state index in [1.54, 1.807) is 26.8 Å². The van der Waals surface area contributed by atoms with Gasteiger partial charge in [-0.15, -0.1) is 11.3 Å². The second-order valence-electron chi connectivity index (χ2n) is 14.6. The SMILES string of the molecule is CC(C)(C)OC(=O)[C@H](CNC(=O)c1ccc(C2CC2C(=O)NC2=NCCCN2)s1)NC(=O)OCC12CC3CC(CC(C3)C1)C2. The highest BCUT2D eigenvalue weighted by Crippen LogP contribution is 2.60. The normalized spacial score (nSPS) is 30.8. The summed E-state index contributed by atoms with van der Waals surface area (Å²) in [7, 11) is 0. The van der Waals surface area contributed by atoms with Crippen LogP contribution >= 0.6 is 11.3 Å². The molecule has 6 aliphatic rings. The molecular formula is C32H45N5O6S. The third kappa shape index (κ3) is 7.38. The number of ether oxygens (including phenoxy) is 2. The third-order valence-corrected chi connectivity index (χ3v) is 10.8. The van der Waals surface area contributed by atoms with Crippen LogP contribution in [-0.2, 0) is 19.1 Å². The van der Waals surface area contributed by atoms with Crippen LogP contribution < -0.4 is 21.3 Å². The highest BCUT2D eigenvalue weighted by Gasteiger charge is 2.51. The van der Waals surface area contributed by atoms with E-state index in [9.17, 15) is 19.2 Å². The highest BCUT2D eigenvalue weighted by molar-refractivity contribution is 7.14. The predicted molar refractivity (Wildman–Crippen MR) is 165 cm³/mol. The number of amides is 3. The van der Waals surface area contributed by atoms with Gasteiger partial charge < -0.3 is 25.4 Å². The third-order valence-electron chi connectivity index (χ3n) is 9.61. The Morgan fingerprint density at radius 3 is 2.41 bits per heavy atom. The van der Waals surface area contributed by atoms with Gasteiger partial charge in [0.05, 0.1) is 11.5 Å². The molecule has 4 bridgehead atoms. The predicted octanol–water partition coefficient (Wildman–Crippen LogP) is 3.70. The topological polar surface area (TPSA) is 147 Å². The molecule has 0 saturated heterocycles. The number of carbonyl (C=O) groups excluding carboxylic acids is 4. The average molecular weight is 628 g/mol. The number of thiophene rings is 1. The van der Waals surface area contributed by atoms with Gasteiger partial charge in [0.15, 0.2) is 5.96 Å². The van der Waals surface area contributed by atoms with Crippen molar-refractivity contribution in [3.63, 3.8) is 0 Å². The van der Waals surface area contributed by atoms with E-state index in [1.807, 2.05) is 6.07 Å². The van der Waals surface area contributed by atoms with Crippen molar-refractivity contribution in [1.82, 2.24) is 21.3 Å². The molecule has 3 amide bonds. The summed E-state index contributed by atoms with van der Waals surface area (Å²) in [6, 6.07) is 2.50. The lowest BCUT2D eigenvalue weighted by Crippen LogP contribution is -2.52. The molecule has 11 nitrogen and oxygen atoms in total. The smallest absolute Gasteiger partial charge is 0.407 e. The van der Waals surface area contributed by atoms with Crippen LogP contribution in [0.4, 0.5) is 4.79 Å². The van der Waals surface area contributed by atoms with Gasteiger partial charge in [0.2, 0.25) is 5.91 Å². The zero-order chi connectivity index (χ0) is 31.1. The Morgan fingerprint density at radius 2 is 1.77 bits per heavy atom. The number of carbonyl (C=O) groups is 4. The Hall–Kier alpha value is -3.15. The zero-order valence-electron chi connectivity index (χ0n) is 25.9. The molecule has 1 aromatic heterocycles. The van der Waals surface area contributed by atoms with E-state index in [0.717, 1.165) is 61.3 Å². The van der Waals surface area contributed by atoms with Gasteiger partial charge in [0.1, 0.15) is 11.6 Å². The van der Waals surface area contributed by atoms with Crippen LogP contribution in [0.25, 0.3) is 0 Å². The molecule has 240 valence electrons. The maximum Gasteiger partial charge on any atom is 0.407 e. The molecule has 5 aliphatic carbocycles. The molecule has 7 rings (SSSR count). The van der Waals surface area contributed by atoms with Gasteiger partial charge in [0.25, 0.3) is 5.91 Å².